The van der Waals surface area contributed by atoms with Gasteiger partial charge in [0.1, 0.15) is 12.2 Å². The second kappa shape index (κ2) is 8.43. The lowest BCUT2D eigenvalue weighted by atomic mass is 10.2. The highest BCUT2D eigenvalue weighted by atomic mass is 16.1. The summed E-state index contributed by atoms with van der Waals surface area (Å²) in [7, 11) is 0. The monoisotopic (exact) mass is 450 g/mol. The van der Waals surface area contributed by atoms with Crippen molar-refractivity contribution in [3.05, 3.63) is 78.6 Å². The number of hydrogen-bond acceptors (Lipinski definition) is 6. The van der Waals surface area contributed by atoms with E-state index in [1.54, 1.807) is 24.3 Å². The van der Waals surface area contributed by atoms with Crippen molar-refractivity contribution in [1.29, 1.82) is 0 Å². The number of H-pyrrole nitrogens is 1. The van der Waals surface area contributed by atoms with Gasteiger partial charge in [-0.1, -0.05) is 0 Å². The van der Waals surface area contributed by atoms with Gasteiger partial charge in [-0.15, -0.1) is 5.10 Å². The van der Waals surface area contributed by atoms with Crippen LogP contribution in [0.25, 0.3) is 28.1 Å². The largest absolute Gasteiger partial charge is 0.372 e. The van der Waals surface area contributed by atoms with Gasteiger partial charge >= 0.3 is 0 Å². The lowest BCUT2D eigenvalue weighted by Gasteiger charge is -2.17. The second-order valence-electron chi connectivity index (χ2n) is 8.31. The summed E-state index contributed by atoms with van der Waals surface area (Å²) in [6.07, 6.45) is 4.03. The van der Waals surface area contributed by atoms with Crippen LogP contribution in [0.3, 0.4) is 0 Å². The van der Waals surface area contributed by atoms with E-state index in [0.717, 1.165) is 41.2 Å². The van der Waals surface area contributed by atoms with Gasteiger partial charge in [-0.05, 0) is 90.0 Å². The zero-order valence-corrected chi connectivity index (χ0v) is 18.3. The Morgan fingerprint density at radius 2 is 1.68 bits per heavy atom. The predicted octanol–water partition coefficient (Wildman–Crippen LogP) is 4.06. The molecule has 5 aromatic rings. The first-order chi connectivity index (χ1) is 16.7. The number of anilines is 2. The number of amides is 1. The number of aromatic nitrogens is 6. The van der Waals surface area contributed by atoms with Crippen molar-refractivity contribution in [2.75, 3.05) is 23.3 Å². The molecule has 0 radical (unpaired) electrons. The van der Waals surface area contributed by atoms with Gasteiger partial charge in [0, 0.05) is 35.6 Å². The Morgan fingerprint density at radius 3 is 2.41 bits per heavy atom. The molecule has 0 saturated carbocycles. The molecule has 0 unspecified atom stereocenters. The number of nitrogens with one attached hydrogen (secondary N) is 2. The fourth-order valence-corrected chi connectivity index (χ4v) is 4.28. The summed E-state index contributed by atoms with van der Waals surface area (Å²) in [5.41, 5.74) is 6.02. The molecule has 34 heavy (non-hydrogen) atoms. The summed E-state index contributed by atoms with van der Waals surface area (Å²) < 4.78 is 1.53. The van der Waals surface area contributed by atoms with Crippen molar-refractivity contribution in [2.45, 2.75) is 12.8 Å². The van der Waals surface area contributed by atoms with E-state index in [-0.39, 0.29) is 5.91 Å². The SMILES string of the molecule is O=C(Nc1ccc2nc(-c3ccc(N4CCCC4)cc3)[nH]c2c1)c1ccc(-n2cnnn2)cc1. The Kier molecular flexibility index (Phi) is 4.99. The fraction of sp³-hybridized carbons (Fsp3) is 0.160. The second-order valence-corrected chi connectivity index (χ2v) is 8.31. The summed E-state index contributed by atoms with van der Waals surface area (Å²) in [6, 6.07) is 21.3. The number of hydrogen-bond donors (Lipinski definition) is 2. The topological polar surface area (TPSA) is 105 Å². The summed E-state index contributed by atoms with van der Waals surface area (Å²) in [5, 5.41) is 14.0. The van der Waals surface area contributed by atoms with Crippen molar-refractivity contribution in [2.24, 2.45) is 0 Å². The van der Waals surface area contributed by atoms with E-state index in [0.29, 0.717) is 11.3 Å². The van der Waals surface area contributed by atoms with Crippen LogP contribution in [0.1, 0.15) is 23.2 Å². The molecule has 2 aromatic heterocycles. The van der Waals surface area contributed by atoms with Gasteiger partial charge in [0.05, 0.1) is 16.7 Å². The number of fused-ring (bicyclic) bond motifs is 1. The maximum atomic E-state index is 12.7. The van der Waals surface area contributed by atoms with Crippen LogP contribution in [-0.2, 0) is 0 Å². The lowest BCUT2D eigenvalue weighted by Crippen LogP contribution is -2.17. The molecule has 3 heterocycles. The van der Waals surface area contributed by atoms with Crippen LogP contribution >= 0.6 is 0 Å². The normalized spacial score (nSPS) is 13.5. The first-order valence-electron chi connectivity index (χ1n) is 11.2. The lowest BCUT2D eigenvalue weighted by molar-refractivity contribution is 0.102. The standard InChI is InChI=1S/C25H22N8O/c34-25(18-5-10-21(11-6-18)33-16-26-30-31-33)27-19-7-12-22-23(15-19)29-24(28-22)17-3-8-20(9-4-17)32-13-1-2-14-32/h3-12,15-16H,1-2,13-14H2,(H,27,34)(H,28,29). The third kappa shape index (κ3) is 3.88. The number of carbonyl (C=O) groups excluding carboxylic acids is 1. The summed E-state index contributed by atoms with van der Waals surface area (Å²) in [4.78, 5) is 23.2. The molecule has 2 N–H and O–H groups in total. The molecule has 1 aliphatic rings. The van der Waals surface area contributed by atoms with E-state index in [1.165, 1.54) is 29.5 Å². The van der Waals surface area contributed by atoms with E-state index in [4.69, 9.17) is 4.98 Å². The van der Waals surface area contributed by atoms with Gasteiger partial charge < -0.3 is 15.2 Å². The molecule has 1 aliphatic heterocycles. The van der Waals surface area contributed by atoms with Gasteiger partial charge in [-0.2, -0.15) is 0 Å². The number of benzene rings is 3. The molecular weight excluding hydrogens is 428 g/mol. The maximum Gasteiger partial charge on any atom is 0.255 e. The number of nitrogens with zero attached hydrogens (tertiary/aromatic N) is 6. The number of aromatic amines is 1. The Hall–Kier alpha value is -4.53. The molecule has 168 valence electrons. The fourth-order valence-electron chi connectivity index (χ4n) is 4.28. The van der Waals surface area contributed by atoms with Crippen molar-refractivity contribution in [3.63, 3.8) is 0 Å². The van der Waals surface area contributed by atoms with E-state index in [9.17, 15) is 4.79 Å². The zero-order chi connectivity index (χ0) is 22.9. The first-order valence-corrected chi connectivity index (χ1v) is 11.2. The molecule has 1 amide bonds. The molecule has 6 rings (SSSR count). The molecule has 0 atom stereocenters. The summed E-state index contributed by atoms with van der Waals surface area (Å²) in [5.74, 6) is 0.615. The van der Waals surface area contributed by atoms with Gasteiger partial charge in [0.25, 0.3) is 5.91 Å². The third-order valence-corrected chi connectivity index (χ3v) is 6.09. The molecule has 9 heteroatoms. The summed E-state index contributed by atoms with van der Waals surface area (Å²) >= 11 is 0. The smallest absolute Gasteiger partial charge is 0.255 e. The van der Waals surface area contributed by atoms with Gasteiger partial charge in [-0.25, -0.2) is 9.67 Å². The molecule has 0 aliphatic carbocycles. The van der Waals surface area contributed by atoms with Gasteiger partial charge in [-0.3, -0.25) is 4.79 Å². The van der Waals surface area contributed by atoms with Crippen LogP contribution in [0.2, 0.25) is 0 Å². The van der Waals surface area contributed by atoms with Crippen molar-refractivity contribution >= 4 is 28.3 Å². The first kappa shape index (κ1) is 20.1. The van der Waals surface area contributed by atoms with E-state index >= 15 is 0 Å². The molecule has 1 saturated heterocycles. The number of carbonyl (C=O) groups is 1. The Bertz CT molecular complexity index is 1430. The molecule has 3 aromatic carbocycles. The highest BCUT2D eigenvalue weighted by molar-refractivity contribution is 6.05. The molecule has 0 bridgehead atoms. The highest BCUT2D eigenvalue weighted by Crippen LogP contribution is 2.26. The van der Waals surface area contributed by atoms with E-state index in [2.05, 4.69) is 55.0 Å². The van der Waals surface area contributed by atoms with Crippen LogP contribution in [0, 0.1) is 0 Å². The molecule has 0 spiro atoms. The molecule has 9 nitrogen and oxygen atoms in total. The van der Waals surface area contributed by atoms with Crippen LogP contribution in [-0.4, -0.2) is 49.2 Å². The predicted molar refractivity (Wildman–Crippen MR) is 130 cm³/mol. The van der Waals surface area contributed by atoms with Crippen LogP contribution < -0.4 is 10.2 Å². The Balaban J connectivity index is 1.18. The minimum atomic E-state index is -0.195. The third-order valence-electron chi connectivity index (χ3n) is 6.09. The average Bonchev–Trinajstić information content (AvgIpc) is 3.66. The van der Waals surface area contributed by atoms with Crippen molar-refractivity contribution in [1.82, 2.24) is 30.2 Å². The van der Waals surface area contributed by atoms with Crippen LogP contribution in [0.4, 0.5) is 11.4 Å². The Morgan fingerprint density at radius 1 is 0.912 bits per heavy atom. The van der Waals surface area contributed by atoms with Crippen LogP contribution in [0.5, 0.6) is 0 Å². The van der Waals surface area contributed by atoms with Gasteiger partial charge in [0.2, 0.25) is 0 Å². The van der Waals surface area contributed by atoms with Crippen molar-refractivity contribution < 1.29 is 4.79 Å². The number of rotatable bonds is 5. The van der Waals surface area contributed by atoms with Crippen molar-refractivity contribution in [3.8, 4) is 17.1 Å². The maximum absolute atomic E-state index is 12.7. The van der Waals surface area contributed by atoms with E-state index < -0.39 is 0 Å². The van der Waals surface area contributed by atoms with Gasteiger partial charge in [0.15, 0.2) is 0 Å². The highest BCUT2D eigenvalue weighted by Gasteiger charge is 2.13. The minimum Gasteiger partial charge on any atom is -0.372 e. The minimum absolute atomic E-state index is 0.195. The van der Waals surface area contributed by atoms with E-state index in [1.807, 2.05) is 18.2 Å². The molecule has 1 fully saturated rings. The Labute approximate surface area is 195 Å². The number of tetrazole rings is 1. The molecular formula is C25H22N8O. The average molecular weight is 451 g/mol. The quantitative estimate of drug-likeness (QED) is 0.418. The zero-order valence-electron chi connectivity index (χ0n) is 18.3. The van der Waals surface area contributed by atoms with Crippen LogP contribution in [0.15, 0.2) is 73.1 Å². The number of imidazole rings is 1. The summed E-state index contributed by atoms with van der Waals surface area (Å²) in [6.45, 7) is 2.25.